The van der Waals surface area contributed by atoms with Crippen molar-refractivity contribution in [2.75, 3.05) is 20.3 Å². The van der Waals surface area contributed by atoms with E-state index in [1.165, 1.54) is 13.2 Å². The van der Waals surface area contributed by atoms with Crippen LogP contribution in [0.25, 0.3) is 0 Å². The summed E-state index contributed by atoms with van der Waals surface area (Å²) in [7, 11) is -2.25. The van der Waals surface area contributed by atoms with Gasteiger partial charge in [-0.25, -0.2) is 0 Å². The van der Waals surface area contributed by atoms with Crippen LogP contribution >= 0.6 is 7.60 Å². The van der Waals surface area contributed by atoms with Gasteiger partial charge in [-0.1, -0.05) is 19.1 Å². The van der Waals surface area contributed by atoms with Crippen molar-refractivity contribution in [3.8, 4) is 0 Å². The van der Waals surface area contributed by atoms with E-state index < -0.39 is 19.2 Å². The molecule has 0 amide bonds. The normalized spacial score (nSPS) is 13.9. The fourth-order valence-electron chi connectivity index (χ4n) is 1.26. The van der Waals surface area contributed by atoms with Gasteiger partial charge >= 0.3 is 13.6 Å². The molecule has 6 heteroatoms. The van der Waals surface area contributed by atoms with Gasteiger partial charge in [-0.3, -0.25) is 9.36 Å². The van der Waals surface area contributed by atoms with E-state index in [-0.39, 0.29) is 13.2 Å². The zero-order valence-electron chi connectivity index (χ0n) is 10.8. The predicted molar refractivity (Wildman–Crippen MR) is 66.1 cm³/mol. The molecule has 0 aliphatic heterocycles. The third kappa shape index (κ3) is 5.02. The van der Waals surface area contributed by atoms with Gasteiger partial charge in [0.2, 0.25) is 0 Å². The molecule has 0 saturated heterocycles. The minimum atomic E-state index is -3.49. The van der Waals surface area contributed by atoms with Crippen LogP contribution in [0.4, 0.5) is 0 Å². The molecule has 0 saturated carbocycles. The van der Waals surface area contributed by atoms with Crippen LogP contribution in [0.3, 0.4) is 0 Å². The molecule has 0 bridgehead atoms. The maximum atomic E-state index is 12.4. The summed E-state index contributed by atoms with van der Waals surface area (Å²) in [5.41, 5.74) is -0.993. The first-order valence-electron chi connectivity index (χ1n) is 5.68. The summed E-state index contributed by atoms with van der Waals surface area (Å²) in [6, 6.07) is 0. The molecule has 0 aliphatic rings. The molecule has 0 aliphatic carbocycles. The van der Waals surface area contributed by atoms with Gasteiger partial charge in [0.05, 0.1) is 20.3 Å². The minimum absolute atomic E-state index is 0.213. The van der Waals surface area contributed by atoms with Crippen molar-refractivity contribution in [1.82, 2.24) is 0 Å². The molecule has 1 atom stereocenters. The zero-order valence-corrected chi connectivity index (χ0v) is 11.7. The highest BCUT2D eigenvalue weighted by atomic mass is 31.2. The highest BCUT2D eigenvalue weighted by Crippen LogP contribution is 2.53. The summed E-state index contributed by atoms with van der Waals surface area (Å²) in [4.78, 5) is 11.6. The monoisotopic (exact) mass is 264 g/mol. The SMILES string of the molecule is CC/C=C/C(C(=O)OC)P(=O)(OCC)OCC. The van der Waals surface area contributed by atoms with Gasteiger partial charge in [-0.05, 0) is 20.3 Å². The van der Waals surface area contributed by atoms with Crippen molar-refractivity contribution in [2.45, 2.75) is 32.9 Å². The van der Waals surface area contributed by atoms with Gasteiger partial charge in [0.15, 0.2) is 5.66 Å². The smallest absolute Gasteiger partial charge is 0.348 e. The zero-order chi connectivity index (χ0) is 13.3. The maximum absolute atomic E-state index is 12.4. The Labute approximate surface area is 103 Å². The topological polar surface area (TPSA) is 61.8 Å². The van der Waals surface area contributed by atoms with Gasteiger partial charge in [0.1, 0.15) is 0 Å². The molecule has 0 aromatic heterocycles. The molecule has 100 valence electrons. The second-order valence-electron chi connectivity index (χ2n) is 3.18. The summed E-state index contributed by atoms with van der Waals surface area (Å²) in [6.07, 6.45) is 4.00. The maximum Gasteiger partial charge on any atom is 0.348 e. The Kier molecular flexibility index (Phi) is 8.13. The summed E-state index contributed by atoms with van der Waals surface area (Å²) >= 11 is 0. The molecule has 17 heavy (non-hydrogen) atoms. The number of methoxy groups -OCH3 is 1. The van der Waals surface area contributed by atoms with Crippen LogP contribution < -0.4 is 0 Å². The van der Waals surface area contributed by atoms with E-state index in [2.05, 4.69) is 4.74 Å². The molecular weight excluding hydrogens is 243 g/mol. The predicted octanol–water partition coefficient (Wildman–Crippen LogP) is 2.76. The van der Waals surface area contributed by atoms with Crippen LogP contribution in [-0.2, 0) is 23.1 Å². The Morgan fingerprint density at radius 2 is 1.76 bits per heavy atom. The largest absolute Gasteiger partial charge is 0.468 e. The number of carbonyl (C=O) groups is 1. The molecular formula is C11H21O5P. The Balaban J connectivity index is 5.13. The summed E-state index contributed by atoms with van der Waals surface area (Å²) in [5.74, 6) is -0.611. The molecule has 0 rings (SSSR count). The van der Waals surface area contributed by atoms with E-state index in [0.29, 0.717) is 0 Å². The van der Waals surface area contributed by atoms with Gasteiger partial charge in [-0.15, -0.1) is 0 Å². The average Bonchev–Trinajstić information content (AvgIpc) is 2.29. The van der Waals surface area contributed by atoms with E-state index in [9.17, 15) is 9.36 Å². The molecule has 0 aromatic carbocycles. The molecule has 0 spiro atoms. The fourth-order valence-corrected chi connectivity index (χ4v) is 3.07. The van der Waals surface area contributed by atoms with E-state index in [1.807, 2.05) is 6.92 Å². The number of ether oxygens (including phenoxy) is 1. The number of carbonyl (C=O) groups excluding carboxylic acids is 1. The Hall–Kier alpha value is -0.640. The summed E-state index contributed by atoms with van der Waals surface area (Å²) in [6.45, 7) is 5.74. The number of esters is 1. The fraction of sp³-hybridized carbons (Fsp3) is 0.727. The summed E-state index contributed by atoms with van der Waals surface area (Å²) < 4.78 is 27.3. The number of hydrogen-bond donors (Lipinski definition) is 0. The molecule has 5 nitrogen and oxygen atoms in total. The van der Waals surface area contributed by atoms with Gasteiger partial charge in [0.25, 0.3) is 0 Å². The highest BCUT2D eigenvalue weighted by molar-refractivity contribution is 7.56. The van der Waals surface area contributed by atoms with E-state index in [1.54, 1.807) is 19.9 Å². The Morgan fingerprint density at radius 3 is 2.12 bits per heavy atom. The van der Waals surface area contributed by atoms with Gasteiger partial charge in [-0.2, -0.15) is 0 Å². The Bertz CT molecular complexity index is 290. The molecule has 0 aromatic rings. The number of hydrogen-bond acceptors (Lipinski definition) is 5. The first-order chi connectivity index (χ1) is 8.05. The van der Waals surface area contributed by atoms with Crippen molar-refractivity contribution in [2.24, 2.45) is 0 Å². The minimum Gasteiger partial charge on any atom is -0.468 e. The number of rotatable bonds is 8. The van der Waals surface area contributed by atoms with Crippen LogP contribution in [0, 0.1) is 0 Å². The lowest BCUT2D eigenvalue weighted by molar-refractivity contribution is -0.139. The second kappa shape index (κ2) is 8.45. The first-order valence-corrected chi connectivity index (χ1v) is 7.30. The van der Waals surface area contributed by atoms with Crippen LogP contribution in [0.5, 0.6) is 0 Å². The van der Waals surface area contributed by atoms with Crippen LogP contribution in [0.15, 0.2) is 12.2 Å². The lowest BCUT2D eigenvalue weighted by atomic mass is 10.3. The summed E-state index contributed by atoms with van der Waals surface area (Å²) in [5, 5.41) is 0. The van der Waals surface area contributed by atoms with Crippen LogP contribution in [0.1, 0.15) is 27.2 Å². The number of allylic oxidation sites excluding steroid dienone is 1. The highest BCUT2D eigenvalue weighted by Gasteiger charge is 2.39. The van der Waals surface area contributed by atoms with Crippen molar-refractivity contribution < 1.29 is 23.1 Å². The van der Waals surface area contributed by atoms with Crippen molar-refractivity contribution in [1.29, 1.82) is 0 Å². The Morgan fingerprint density at radius 1 is 1.24 bits per heavy atom. The third-order valence-corrected chi connectivity index (χ3v) is 4.26. The van der Waals surface area contributed by atoms with Gasteiger partial charge < -0.3 is 13.8 Å². The molecule has 1 unspecified atom stereocenters. The average molecular weight is 264 g/mol. The molecule has 0 N–H and O–H groups in total. The van der Waals surface area contributed by atoms with Crippen molar-refractivity contribution in [3.05, 3.63) is 12.2 Å². The first kappa shape index (κ1) is 16.4. The van der Waals surface area contributed by atoms with E-state index in [0.717, 1.165) is 6.42 Å². The van der Waals surface area contributed by atoms with Crippen molar-refractivity contribution in [3.63, 3.8) is 0 Å². The van der Waals surface area contributed by atoms with Crippen LogP contribution in [-0.4, -0.2) is 32.0 Å². The van der Waals surface area contributed by atoms with E-state index >= 15 is 0 Å². The molecule has 0 fully saturated rings. The van der Waals surface area contributed by atoms with Gasteiger partial charge in [0, 0.05) is 0 Å². The second-order valence-corrected chi connectivity index (χ2v) is 5.33. The lowest BCUT2D eigenvalue weighted by Gasteiger charge is -2.22. The molecule has 0 heterocycles. The third-order valence-electron chi connectivity index (χ3n) is 1.96. The quantitative estimate of drug-likeness (QED) is 0.383. The van der Waals surface area contributed by atoms with E-state index in [4.69, 9.17) is 9.05 Å². The van der Waals surface area contributed by atoms with Crippen molar-refractivity contribution >= 4 is 13.6 Å². The molecule has 0 radical (unpaired) electrons. The van der Waals surface area contributed by atoms with Crippen LogP contribution in [0.2, 0.25) is 0 Å². The standard InChI is InChI=1S/C11H21O5P/c1-5-8-9-10(11(12)14-4)17(13,15-6-2)16-7-3/h8-10H,5-7H2,1-4H3/b9-8+. The lowest BCUT2D eigenvalue weighted by Crippen LogP contribution is -2.23.